The topological polar surface area (TPSA) is 131 Å². The van der Waals surface area contributed by atoms with Gasteiger partial charge in [0.15, 0.2) is 0 Å². The van der Waals surface area contributed by atoms with Crippen molar-refractivity contribution in [1.82, 2.24) is 4.98 Å². The van der Waals surface area contributed by atoms with Gasteiger partial charge < -0.3 is 16.2 Å². The fraction of sp³-hybridized carbons (Fsp3) is 0.538. The first-order valence-electron chi connectivity index (χ1n) is 6.85. The van der Waals surface area contributed by atoms with Gasteiger partial charge in [-0.2, -0.15) is 0 Å². The monoisotopic (exact) mass is 294 g/mol. The second kappa shape index (κ2) is 6.38. The minimum absolute atomic E-state index is 0.111. The van der Waals surface area contributed by atoms with E-state index in [0.717, 1.165) is 12.8 Å². The average molecular weight is 294 g/mol. The van der Waals surface area contributed by atoms with E-state index in [2.05, 4.69) is 10.3 Å². The highest BCUT2D eigenvalue weighted by atomic mass is 16.6. The Morgan fingerprint density at radius 1 is 1.43 bits per heavy atom. The van der Waals surface area contributed by atoms with E-state index in [1.165, 1.54) is 12.1 Å². The van der Waals surface area contributed by atoms with E-state index in [-0.39, 0.29) is 17.4 Å². The zero-order valence-electron chi connectivity index (χ0n) is 11.5. The Morgan fingerprint density at radius 3 is 2.62 bits per heavy atom. The maximum absolute atomic E-state index is 10.9. The van der Waals surface area contributed by atoms with E-state index in [9.17, 15) is 14.9 Å². The summed E-state index contributed by atoms with van der Waals surface area (Å²) in [5.41, 5.74) is 5.32. The molecule has 0 bridgehead atoms. The summed E-state index contributed by atoms with van der Waals surface area (Å²) in [6.07, 6.45) is 3.09. The van der Waals surface area contributed by atoms with Crippen molar-refractivity contribution < 1.29 is 14.8 Å². The molecule has 0 spiro atoms. The molecule has 0 saturated heterocycles. The number of anilines is 2. The normalized spacial score (nSPS) is 21.7. The second-order valence-corrected chi connectivity index (χ2v) is 5.29. The Bertz CT molecular complexity index is 541. The van der Waals surface area contributed by atoms with Crippen molar-refractivity contribution in [3.63, 3.8) is 0 Å². The number of nitrogens with one attached hydrogen (secondary N) is 1. The van der Waals surface area contributed by atoms with Gasteiger partial charge in [-0.25, -0.2) is 4.98 Å². The SMILES string of the molecule is Nc1nc(NCC2CCC(C(=O)O)CC2)ccc1[N+](=O)[O-]. The molecule has 1 heterocycles. The molecule has 0 aromatic carbocycles. The van der Waals surface area contributed by atoms with E-state index in [0.29, 0.717) is 31.1 Å². The fourth-order valence-electron chi connectivity index (χ4n) is 2.58. The summed E-state index contributed by atoms with van der Waals surface area (Å²) in [6, 6.07) is 2.85. The molecule has 0 aliphatic heterocycles. The summed E-state index contributed by atoms with van der Waals surface area (Å²) in [5, 5.41) is 22.7. The molecule has 21 heavy (non-hydrogen) atoms. The third-order valence-corrected chi connectivity index (χ3v) is 3.87. The maximum atomic E-state index is 10.9. The highest BCUT2D eigenvalue weighted by Crippen LogP contribution is 2.29. The zero-order chi connectivity index (χ0) is 15.4. The van der Waals surface area contributed by atoms with Crippen molar-refractivity contribution >= 4 is 23.3 Å². The smallest absolute Gasteiger partial charge is 0.311 e. The molecule has 1 saturated carbocycles. The zero-order valence-corrected chi connectivity index (χ0v) is 11.5. The maximum Gasteiger partial charge on any atom is 0.311 e. The molecule has 4 N–H and O–H groups in total. The van der Waals surface area contributed by atoms with Crippen LogP contribution < -0.4 is 11.1 Å². The molecule has 1 aromatic rings. The van der Waals surface area contributed by atoms with Crippen LogP contribution in [0.25, 0.3) is 0 Å². The van der Waals surface area contributed by atoms with Crippen molar-refractivity contribution in [2.75, 3.05) is 17.6 Å². The number of nitrogen functional groups attached to an aromatic ring is 1. The van der Waals surface area contributed by atoms with E-state index in [4.69, 9.17) is 10.8 Å². The molecule has 1 aliphatic carbocycles. The summed E-state index contributed by atoms with van der Waals surface area (Å²) in [7, 11) is 0. The molecular formula is C13H18N4O4. The van der Waals surface area contributed by atoms with Crippen LogP contribution in [0, 0.1) is 22.0 Å². The van der Waals surface area contributed by atoms with E-state index in [1.54, 1.807) is 0 Å². The highest BCUT2D eigenvalue weighted by molar-refractivity contribution is 5.70. The van der Waals surface area contributed by atoms with Crippen LogP contribution in [0.1, 0.15) is 25.7 Å². The van der Waals surface area contributed by atoms with Crippen molar-refractivity contribution in [1.29, 1.82) is 0 Å². The third-order valence-electron chi connectivity index (χ3n) is 3.87. The van der Waals surface area contributed by atoms with Gasteiger partial charge in [0.2, 0.25) is 5.82 Å². The summed E-state index contributed by atoms with van der Waals surface area (Å²) in [6.45, 7) is 0.663. The number of carboxylic acid groups (broad SMARTS) is 1. The van der Waals surface area contributed by atoms with Crippen LogP contribution in [-0.2, 0) is 4.79 Å². The molecule has 8 heteroatoms. The number of rotatable bonds is 5. The number of hydrogen-bond donors (Lipinski definition) is 3. The van der Waals surface area contributed by atoms with Crippen LogP contribution in [0.5, 0.6) is 0 Å². The summed E-state index contributed by atoms with van der Waals surface area (Å²) in [4.78, 5) is 24.9. The Morgan fingerprint density at radius 2 is 2.10 bits per heavy atom. The molecule has 1 fully saturated rings. The molecule has 0 atom stereocenters. The van der Waals surface area contributed by atoms with Gasteiger partial charge in [-0.3, -0.25) is 14.9 Å². The molecule has 0 amide bonds. The van der Waals surface area contributed by atoms with E-state index >= 15 is 0 Å². The molecule has 0 unspecified atom stereocenters. The Kier molecular flexibility index (Phi) is 4.56. The summed E-state index contributed by atoms with van der Waals surface area (Å²) >= 11 is 0. The van der Waals surface area contributed by atoms with Gasteiger partial charge in [0.25, 0.3) is 0 Å². The van der Waals surface area contributed by atoms with Gasteiger partial charge in [0.05, 0.1) is 10.8 Å². The molecular weight excluding hydrogens is 276 g/mol. The van der Waals surface area contributed by atoms with Crippen molar-refractivity contribution in [2.45, 2.75) is 25.7 Å². The minimum atomic E-state index is -0.716. The number of aromatic nitrogens is 1. The molecule has 1 aliphatic rings. The van der Waals surface area contributed by atoms with Gasteiger partial charge in [-0.05, 0) is 37.7 Å². The lowest BCUT2D eigenvalue weighted by atomic mass is 9.82. The predicted molar refractivity (Wildman–Crippen MR) is 76.9 cm³/mol. The van der Waals surface area contributed by atoms with Crippen molar-refractivity contribution in [3.8, 4) is 0 Å². The first-order valence-corrected chi connectivity index (χ1v) is 6.85. The van der Waals surface area contributed by atoms with Gasteiger partial charge in [-0.15, -0.1) is 0 Å². The number of hydrogen-bond acceptors (Lipinski definition) is 6. The number of carboxylic acids is 1. The van der Waals surface area contributed by atoms with Crippen molar-refractivity contribution in [3.05, 3.63) is 22.2 Å². The first-order chi connectivity index (χ1) is 9.97. The minimum Gasteiger partial charge on any atom is -0.481 e. The summed E-state index contributed by atoms with van der Waals surface area (Å²) < 4.78 is 0. The number of aliphatic carboxylic acids is 1. The lowest BCUT2D eigenvalue weighted by molar-refractivity contribution is -0.384. The average Bonchev–Trinajstić information content (AvgIpc) is 2.45. The van der Waals surface area contributed by atoms with Gasteiger partial charge in [0.1, 0.15) is 5.82 Å². The number of pyridine rings is 1. The third kappa shape index (κ3) is 3.80. The largest absolute Gasteiger partial charge is 0.481 e. The summed E-state index contributed by atoms with van der Waals surface area (Å²) in [5.74, 6) is -0.169. The van der Waals surface area contributed by atoms with Crippen LogP contribution in [0.2, 0.25) is 0 Å². The Balaban J connectivity index is 1.85. The van der Waals surface area contributed by atoms with Gasteiger partial charge in [-0.1, -0.05) is 0 Å². The number of carbonyl (C=O) groups is 1. The second-order valence-electron chi connectivity index (χ2n) is 5.29. The molecule has 8 nitrogen and oxygen atoms in total. The quantitative estimate of drug-likeness (QED) is 0.558. The van der Waals surface area contributed by atoms with Crippen LogP contribution >= 0.6 is 0 Å². The van der Waals surface area contributed by atoms with Crippen LogP contribution in [0.15, 0.2) is 12.1 Å². The van der Waals surface area contributed by atoms with Crippen LogP contribution in [0.3, 0.4) is 0 Å². The fourth-order valence-corrected chi connectivity index (χ4v) is 2.58. The standard InChI is InChI=1S/C13H18N4O4/c14-12-10(17(20)21)5-6-11(16-12)15-7-8-1-3-9(4-2-8)13(18)19/h5-6,8-9H,1-4,7H2,(H,18,19)(H3,14,15,16). The van der Waals surface area contributed by atoms with Gasteiger partial charge >= 0.3 is 11.7 Å². The molecule has 114 valence electrons. The predicted octanol–water partition coefficient (Wildman–Crippen LogP) is 1.87. The Hall–Kier alpha value is -2.38. The molecule has 0 radical (unpaired) electrons. The van der Waals surface area contributed by atoms with E-state index < -0.39 is 10.9 Å². The van der Waals surface area contributed by atoms with Crippen LogP contribution in [0.4, 0.5) is 17.3 Å². The van der Waals surface area contributed by atoms with Crippen LogP contribution in [-0.4, -0.2) is 27.5 Å². The van der Waals surface area contributed by atoms with E-state index in [1.807, 2.05) is 0 Å². The lowest BCUT2D eigenvalue weighted by Crippen LogP contribution is -2.25. The van der Waals surface area contributed by atoms with Gasteiger partial charge in [0, 0.05) is 12.6 Å². The van der Waals surface area contributed by atoms with Crippen molar-refractivity contribution in [2.24, 2.45) is 11.8 Å². The first kappa shape index (κ1) is 15.0. The molecule has 2 rings (SSSR count). The number of nitro groups is 1. The Labute approximate surface area is 121 Å². The number of nitrogens with two attached hydrogens (primary N) is 1. The molecule has 1 aromatic heterocycles. The lowest BCUT2D eigenvalue weighted by Gasteiger charge is -2.26. The highest BCUT2D eigenvalue weighted by Gasteiger charge is 2.25. The number of nitrogens with zero attached hydrogens (tertiary/aromatic N) is 2.